The summed E-state index contributed by atoms with van der Waals surface area (Å²) in [6.45, 7) is 2.09. The highest BCUT2D eigenvalue weighted by molar-refractivity contribution is 7.12. The van der Waals surface area contributed by atoms with E-state index >= 15 is 0 Å². The number of imide groups is 1. The molecule has 0 aliphatic heterocycles. The molecule has 2 rings (SSSR count). The summed E-state index contributed by atoms with van der Waals surface area (Å²) in [7, 11) is 0. The molecular weight excluding hydrogens is 300 g/mol. The fourth-order valence-corrected chi connectivity index (χ4v) is 2.32. The molecule has 114 valence electrons. The number of carbonyl (C=O) groups is 2. The van der Waals surface area contributed by atoms with Gasteiger partial charge in [-0.05, 0) is 35.9 Å². The first-order chi connectivity index (χ1) is 10.6. The number of carbonyl (C=O) groups excluding carboxylic acids is 2. The van der Waals surface area contributed by atoms with Crippen LogP contribution in [0.25, 0.3) is 0 Å². The van der Waals surface area contributed by atoms with E-state index in [0.29, 0.717) is 15.6 Å². The maximum atomic E-state index is 12.1. The van der Waals surface area contributed by atoms with Gasteiger partial charge >= 0.3 is 5.91 Å². The smallest absolute Gasteiger partial charge is 0.310 e. The lowest BCUT2D eigenvalue weighted by atomic mass is 10.2. The molecule has 0 aromatic carbocycles. The van der Waals surface area contributed by atoms with Crippen LogP contribution in [0.3, 0.4) is 0 Å². The number of nitrogens with two attached hydrogens (primary N) is 1. The Balaban J connectivity index is 2.04. The minimum atomic E-state index is -0.694. The van der Waals surface area contributed by atoms with Crippen molar-refractivity contribution in [2.45, 2.75) is 26.2 Å². The van der Waals surface area contributed by atoms with Crippen LogP contribution in [0.4, 0.5) is 0 Å². The average Bonchev–Trinajstić information content (AvgIpc) is 3.20. The van der Waals surface area contributed by atoms with E-state index in [0.717, 1.165) is 19.3 Å². The molecule has 0 fully saturated rings. The molecule has 0 spiro atoms. The Bertz CT molecular complexity index is 707. The van der Waals surface area contributed by atoms with Crippen LogP contribution in [-0.4, -0.2) is 16.8 Å². The Morgan fingerprint density at radius 3 is 2.82 bits per heavy atom. The molecule has 6 heteroatoms. The summed E-state index contributed by atoms with van der Waals surface area (Å²) in [4.78, 5) is 24.5. The molecule has 5 nitrogen and oxygen atoms in total. The molecule has 0 unspecified atom stereocenters. The first-order valence-corrected chi connectivity index (χ1v) is 7.77. The monoisotopic (exact) mass is 316 g/mol. The number of thiophene rings is 1. The van der Waals surface area contributed by atoms with Gasteiger partial charge in [0.15, 0.2) is 11.5 Å². The number of furan rings is 1. The van der Waals surface area contributed by atoms with Gasteiger partial charge in [-0.25, -0.2) is 10.9 Å². The van der Waals surface area contributed by atoms with Gasteiger partial charge in [0.2, 0.25) is 0 Å². The van der Waals surface area contributed by atoms with Crippen LogP contribution in [0.15, 0.2) is 34.1 Å². The van der Waals surface area contributed by atoms with Crippen molar-refractivity contribution < 1.29 is 14.0 Å². The second-order valence-corrected chi connectivity index (χ2v) is 5.47. The summed E-state index contributed by atoms with van der Waals surface area (Å²) in [5.41, 5.74) is 0. The standard InChI is InChI=1S/C16H16N2O3S/c1-2-3-4-5-7-12-9-10-13(21-12)15(19)18(17)16(20)14-8-6-11-22-14/h6,8-11H,2-4,17H2,1H3. The number of unbranched alkanes of at least 4 members (excludes halogenated alkanes) is 2. The summed E-state index contributed by atoms with van der Waals surface area (Å²) < 4.78 is 5.32. The molecule has 0 saturated carbocycles. The molecule has 0 saturated heterocycles. The van der Waals surface area contributed by atoms with Crippen LogP contribution < -0.4 is 5.84 Å². The first kappa shape index (κ1) is 16.0. The van der Waals surface area contributed by atoms with Crippen LogP contribution in [0.1, 0.15) is 52.2 Å². The zero-order chi connectivity index (χ0) is 15.9. The van der Waals surface area contributed by atoms with Crippen LogP contribution in [0.5, 0.6) is 0 Å². The highest BCUT2D eigenvalue weighted by Gasteiger charge is 2.24. The van der Waals surface area contributed by atoms with E-state index in [-0.39, 0.29) is 5.76 Å². The van der Waals surface area contributed by atoms with Crippen molar-refractivity contribution in [3.63, 3.8) is 0 Å². The number of hydrogen-bond acceptors (Lipinski definition) is 5. The van der Waals surface area contributed by atoms with E-state index in [2.05, 4.69) is 18.8 Å². The number of hydrazine groups is 1. The predicted octanol–water partition coefficient (Wildman–Crippen LogP) is 3.04. The van der Waals surface area contributed by atoms with E-state index in [1.165, 1.54) is 17.4 Å². The molecule has 22 heavy (non-hydrogen) atoms. The highest BCUT2D eigenvalue weighted by atomic mass is 32.1. The van der Waals surface area contributed by atoms with Crippen LogP contribution in [-0.2, 0) is 0 Å². The van der Waals surface area contributed by atoms with Crippen molar-refractivity contribution in [2.75, 3.05) is 0 Å². The topological polar surface area (TPSA) is 76.5 Å². The average molecular weight is 316 g/mol. The van der Waals surface area contributed by atoms with Crippen LogP contribution in [0, 0.1) is 11.8 Å². The normalized spacial score (nSPS) is 9.91. The van der Waals surface area contributed by atoms with Gasteiger partial charge in [-0.1, -0.05) is 25.3 Å². The molecule has 2 aromatic rings. The minimum Gasteiger partial charge on any atom is -0.443 e. The summed E-state index contributed by atoms with van der Waals surface area (Å²) in [6.07, 6.45) is 2.87. The van der Waals surface area contributed by atoms with Crippen LogP contribution in [0.2, 0.25) is 0 Å². The van der Waals surface area contributed by atoms with E-state index < -0.39 is 11.8 Å². The number of nitrogens with zero attached hydrogens (tertiary/aromatic N) is 1. The third kappa shape index (κ3) is 3.85. The summed E-state index contributed by atoms with van der Waals surface area (Å²) >= 11 is 1.22. The van der Waals surface area contributed by atoms with Gasteiger partial charge in [-0.15, -0.1) is 11.3 Å². The second-order valence-electron chi connectivity index (χ2n) is 4.53. The maximum absolute atomic E-state index is 12.1. The van der Waals surface area contributed by atoms with Gasteiger partial charge in [0.1, 0.15) is 0 Å². The Kier molecular flexibility index (Phi) is 5.53. The second kappa shape index (κ2) is 7.59. The molecule has 2 N–H and O–H groups in total. The molecular formula is C16H16N2O3S. The maximum Gasteiger partial charge on any atom is 0.310 e. The van der Waals surface area contributed by atoms with Crippen molar-refractivity contribution in [1.82, 2.24) is 5.01 Å². The van der Waals surface area contributed by atoms with E-state index in [1.54, 1.807) is 23.6 Å². The largest absolute Gasteiger partial charge is 0.443 e. The van der Waals surface area contributed by atoms with Crippen molar-refractivity contribution in [3.8, 4) is 11.8 Å². The third-order valence-corrected chi connectivity index (χ3v) is 3.71. The van der Waals surface area contributed by atoms with Gasteiger partial charge < -0.3 is 4.42 Å². The number of amides is 2. The third-order valence-electron chi connectivity index (χ3n) is 2.85. The quantitative estimate of drug-likeness (QED) is 0.235. The van der Waals surface area contributed by atoms with Crippen molar-refractivity contribution in [2.24, 2.45) is 5.84 Å². The molecule has 0 bridgehead atoms. The molecule has 0 aliphatic carbocycles. The van der Waals surface area contributed by atoms with Crippen LogP contribution >= 0.6 is 11.3 Å². The number of hydrogen-bond donors (Lipinski definition) is 1. The van der Waals surface area contributed by atoms with Crippen molar-refractivity contribution in [3.05, 3.63) is 46.0 Å². The zero-order valence-corrected chi connectivity index (χ0v) is 13.0. The Labute approximate surface area is 132 Å². The molecule has 2 amide bonds. The molecule has 0 atom stereocenters. The minimum absolute atomic E-state index is 0.00722. The fourth-order valence-electron chi connectivity index (χ4n) is 1.66. The Hall–Kier alpha value is -2.36. The Morgan fingerprint density at radius 1 is 1.32 bits per heavy atom. The van der Waals surface area contributed by atoms with Gasteiger partial charge in [0.05, 0.1) is 4.88 Å². The van der Waals surface area contributed by atoms with Crippen molar-refractivity contribution >= 4 is 23.2 Å². The lowest BCUT2D eigenvalue weighted by Crippen LogP contribution is -2.42. The molecule has 2 heterocycles. The Morgan fingerprint density at radius 2 is 2.14 bits per heavy atom. The molecule has 0 radical (unpaired) electrons. The first-order valence-electron chi connectivity index (χ1n) is 6.89. The summed E-state index contributed by atoms with van der Waals surface area (Å²) in [6, 6.07) is 6.38. The van der Waals surface area contributed by atoms with E-state index in [4.69, 9.17) is 10.3 Å². The van der Waals surface area contributed by atoms with Gasteiger partial charge in [-0.3, -0.25) is 9.59 Å². The van der Waals surface area contributed by atoms with Gasteiger partial charge in [-0.2, -0.15) is 0 Å². The lowest BCUT2D eigenvalue weighted by Gasteiger charge is -2.11. The van der Waals surface area contributed by atoms with E-state index in [9.17, 15) is 9.59 Å². The number of rotatable bonds is 4. The lowest BCUT2D eigenvalue weighted by molar-refractivity contribution is 0.0598. The molecule has 0 aliphatic rings. The van der Waals surface area contributed by atoms with Gasteiger partial charge in [0.25, 0.3) is 5.91 Å². The predicted molar refractivity (Wildman–Crippen MR) is 84.1 cm³/mol. The van der Waals surface area contributed by atoms with E-state index in [1.807, 2.05) is 0 Å². The summed E-state index contributed by atoms with van der Waals surface area (Å²) in [5.74, 6) is 10.5. The van der Waals surface area contributed by atoms with Crippen molar-refractivity contribution in [1.29, 1.82) is 0 Å². The highest BCUT2D eigenvalue weighted by Crippen LogP contribution is 2.14. The SMILES string of the molecule is CCCCC#Cc1ccc(C(=O)N(N)C(=O)c2cccs2)o1. The zero-order valence-electron chi connectivity index (χ0n) is 12.2. The summed E-state index contributed by atoms with van der Waals surface area (Å²) in [5, 5.41) is 2.29. The van der Waals surface area contributed by atoms with Gasteiger partial charge in [0, 0.05) is 6.42 Å². The molecule has 2 aromatic heterocycles. The fraction of sp³-hybridized carbons (Fsp3) is 0.250.